The van der Waals surface area contributed by atoms with E-state index in [4.69, 9.17) is 4.42 Å². The lowest BCUT2D eigenvalue weighted by atomic mass is 9.87. The molecule has 8 rings (SSSR count). The zero-order valence-corrected chi connectivity index (χ0v) is 24.7. The van der Waals surface area contributed by atoms with Crippen molar-refractivity contribution in [3.05, 3.63) is 120 Å². The van der Waals surface area contributed by atoms with Crippen LogP contribution in [0.5, 0.6) is 0 Å². The first-order valence-electron chi connectivity index (χ1n) is 14.7. The first-order chi connectivity index (χ1) is 20.3. The van der Waals surface area contributed by atoms with E-state index in [1.54, 1.807) is 0 Å². The molecular weight excluding hydrogens is 512 g/mol. The second-order valence-corrected chi connectivity index (χ2v) is 12.6. The van der Waals surface area contributed by atoms with Gasteiger partial charge in [0.25, 0.3) is 5.65 Å². The van der Waals surface area contributed by atoms with Gasteiger partial charge >= 0.3 is 0 Å². The van der Waals surface area contributed by atoms with Crippen molar-refractivity contribution in [2.24, 2.45) is 7.05 Å². The van der Waals surface area contributed by atoms with Crippen molar-refractivity contribution in [3.8, 4) is 16.9 Å². The Balaban J connectivity index is 1.44. The maximum absolute atomic E-state index is 6.80. The number of furan rings is 1. The number of fused-ring (bicyclic) bond motifs is 8. The Labute approximate surface area is 245 Å². The van der Waals surface area contributed by atoms with Crippen LogP contribution < -0.4 is 4.57 Å². The van der Waals surface area contributed by atoms with Crippen LogP contribution in [0.2, 0.25) is 0 Å². The summed E-state index contributed by atoms with van der Waals surface area (Å²) in [5, 5.41) is 7.12. The van der Waals surface area contributed by atoms with Crippen LogP contribution in [0.25, 0.3) is 71.6 Å². The summed E-state index contributed by atoms with van der Waals surface area (Å²) in [5.74, 6) is 0. The minimum absolute atomic E-state index is 0.102. The van der Waals surface area contributed by atoms with Crippen molar-refractivity contribution in [3.63, 3.8) is 0 Å². The van der Waals surface area contributed by atoms with Crippen LogP contribution in [-0.4, -0.2) is 4.57 Å². The van der Waals surface area contributed by atoms with Gasteiger partial charge in [0.15, 0.2) is 0 Å². The molecule has 3 nitrogen and oxygen atoms in total. The second kappa shape index (κ2) is 8.80. The number of benzene rings is 5. The van der Waals surface area contributed by atoms with Crippen molar-refractivity contribution < 1.29 is 8.98 Å². The quantitative estimate of drug-likeness (QED) is 0.198. The smallest absolute Gasteiger partial charge is 0.295 e. The van der Waals surface area contributed by atoms with E-state index in [0.717, 1.165) is 49.9 Å². The van der Waals surface area contributed by atoms with E-state index in [9.17, 15) is 0 Å². The van der Waals surface area contributed by atoms with Gasteiger partial charge in [-0.3, -0.25) is 0 Å². The zero-order valence-electron chi connectivity index (χ0n) is 24.7. The summed E-state index contributed by atoms with van der Waals surface area (Å²) in [5.41, 5.74) is 10.3. The SMILES string of the molecule is Cc1ccc2c(oc3c4ccccc4ccc23)c1-c1ccc2c3ccccc3n(-c3ccc(C(C)(C)C)cc3)c2[n+]1C. The van der Waals surface area contributed by atoms with Crippen LogP contribution >= 0.6 is 0 Å². The van der Waals surface area contributed by atoms with Crippen molar-refractivity contribution in [1.82, 2.24) is 4.57 Å². The van der Waals surface area contributed by atoms with Gasteiger partial charge in [-0.15, -0.1) is 0 Å². The lowest BCUT2D eigenvalue weighted by Gasteiger charge is -2.18. The fraction of sp³-hybridized carbons (Fsp3) is 0.154. The molecule has 0 aliphatic carbocycles. The number of rotatable bonds is 2. The largest absolute Gasteiger partial charge is 0.455 e. The average molecular weight is 546 g/mol. The summed E-state index contributed by atoms with van der Waals surface area (Å²) in [7, 11) is 2.19. The molecule has 3 heteroatoms. The maximum atomic E-state index is 6.80. The third-order valence-electron chi connectivity index (χ3n) is 8.96. The minimum atomic E-state index is 0.102. The minimum Gasteiger partial charge on any atom is -0.455 e. The molecule has 0 atom stereocenters. The van der Waals surface area contributed by atoms with Crippen molar-refractivity contribution in [2.75, 3.05) is 0 Å². The summed E-state index contributed by atoms with van der Waals surface area (Å²) in [4.78, 5) is 0. The summed E-state index contributed by atoms with van der Waals surface area (Å²) in [6.45, 7) is 8.97. The normalized spacial score (nSPS) is 12.4. The summed E-state index contributed by atoms with van der Waals surface area (Å²) in [6, 6.07) is 39.6. The molecule has 0 unspecified atom stereocenters. The zero-order chi connectivity index (χ0) is 28.7. The highest BCUT2D eigenvalue weighted by Crippen LogP contribution is 2.40. The highest BCUT2D eigenvalue weighted by atomic mass is 16.3. The molecule has 0 bridgehead atoms. The van der Waals surface area contributed by atoms with Gasteiger partial charge in [-0.2, -0.15) is 4.57 Å². The molecule has 42 heavy (non-hydrogen) atoms. The molecule has 0 saturated carbocycles. The van der Waals surface area contributed by atoms with E-state index in [1.807, 2.05) is 0 Å². The van der Waals surface area contributed by atoms with E-state index in [-0.39, 0.29) is 5.41 Å². The van der Waals surface area contributed by atoms with Gasteiger partial charge in [-0.25, -0.2) is 4.57 Å². The van der Waals surface area contributed by atoms with Gasteiger partial charge in [0, 0.05) is 21.5 Å². The predicted molar refractivity (Wildman–Crippen MR) is 176 cm³/mol. The highest BCUT2D eigenvalue weighted by molar-refractivity contribution is 6.17. The molecule has 8 aromatic rings. The van der Waals surface area contributed by atoms with Gasteiger partial charge in [0.2, 0.25) is 0 Å². The fourth-order valence-electron chi connectivity index (χ4n) is 6.74. The molecule has 0 radical (unpaired) electrons. The van der Waals surface area contributed by atoms with Gasteiger partial charge in [-0.1, -0.05) is 87.5 Å². The maximum Gasteiger partial charge on any atom is 0.295 e. The molecule has 0 aliphatic heterocycles. The van der Waals surface area contributed by atoms with E-state index >= 15 is 0 Å². The Hall–Kier alpha value is -4.89. The Morgan fingerprint density at radius 1 is 0.619 bits per heavy atom. The highest BCUT2D eigenvalue weighted by Gasteiger charge is 2.26. The lowest BCUT2D eigenvalue weighted by molar-refractivity contribution is -0.636. The number of nitrogens with zero attached hydrogens (tertiary/aromatic N) is 2. The van der Waals surface area contributed by atoms with E-state index in [0.29, 0.717) is 0 Å². The molecule has 0 N–H and O–H groups in total. The number of para-hydroxylation sites is 1. The number of aromatic nitrogens is 2. The Kier molecular flexibility index (Phi) is 5.21. The number of hydrogen-bond acceptors (Lipinski definition) is 1. The Morgan fingerprint density at radius 3 is 2.07 bits per heavy atom. The van der Waals surface area contributed by atoms with Gasteiger partial charge in [0.1, 0.15) is 28.1 Å². The van der Waals surface area contributed by atoms with Crippen LogP contribution in [-0.2, 0) is 12.5 Å². The van der Waals surface area contributed by atoms with Crippen LogP contribution in [0.15, 0.2) is 114 Å². The van der Waals surface area contributed by atoms with Crippen LogP contribution in [0.3, 0.4) is 0 Å². The van der Waals surface area contributed by atoms with E-state index < -0.39 is 0 Å². The number of aryl methyl sites for hydroxylation is 2. The standard InChI is InChI=1S/C39H33N2O/c1-24-14-20-31-30-21-15-25-10-6-7-11-28(25)36(30)42-37(31)35(24)34-23-22-32-29-12-8-9-13-33(29)41(38(32)40(34)5)27-18-16-26(17-19-27)39(2,3)4/h6-23H,1-5H3/q+1. The van der Waals surface area contributed by atoms with E-state index in [1.165, 1.54) is 32.8 Å². The average Bonchev–Trinajstić information content (AvgIpc) is 3.54. The van der Waals surface area contributed by atoms with Crippen molar-refractivity contribution in [1.29, 1.82) is 0 Å². The van der Waals surface area contributed by atoms with Gasteiger partial charge in [0.05, 0.1) is 18.0 Å². The monoisotopic (exact) mass is 545 g/mol. The van der Waals surface area contributed by atoms with Crippen molar-refractivity contribution >= 4 is 54.6 Å². The topological polar surface area (TPSA) is 21.9 Å². The molecule has 3 aromatic heterocycles. The molecule has 0 saturated heterocycles. The molecule has 0 spiro atoms. The molecule has 3 heterocycles. The Bertz CT molecular complexity index is 2340. The third-order valence-corrected chi connectivity index (χ3v) is 8.96. The lowest BCUT2D eigenvalue weighted by Crippen LogP contribution is -2.34. The number of pyridine rings is 1. The third kappa shape index (κ3) is 3.50. The van der Waals surface area contributed by atoms with Crippen molar-refractivity contribution in [2.45, 2.75) is 33.1 Å². The molecule has 0 fully saturated rings. The summed E-state index contributed by atoms with van der Waals surface area (Å²) in [6.07, 6.45) is 0. The first kappa shape index (κ1) is 24.9. The van der Waals surface area contributed by atoms with Gasteiger partial charge in [-0.05, 0) is 71.3 Å². The predicted octanol–water partition coefficient (Wildman–Crippen LogP) is 9.93. The molecule has 5 aromatic carbocycles. The summed E-state index contributed by atoms with van der Waals surface area (Å²) < 4.78 is 11.6. The number of hydrogen-bond donors (Lipinski definition) is 0. The second-order valence-electron chi connectivity index (χ2n) is 12.6. The van der Waals surface area contributed by atoms with E-state index in [2.05, 4.69) is 153 Å². The molecule has 0 aliphatic rings. The Morgan fingerprint density at radius 2 is 1.29 bits per heavy atom. The fourth-order valence-corrected chi connectivity index (χ4v) is 6.74. The molecular formula is C39H33N2O+. The van der Waals surface area contributed by atoms with Gasteiger partial charge < -0.3 is 4.42 Å². The molecule has 204 valence electrons. The van der Waals surface area contributed by atoms with Crippen LogP contribution in [0, 0.1) is 6.92 Å². The first-order valence-corrected chi connectivity index (χ1v) is 14.7. The summed E-state index contributed by atoms with van der Waals surface area (Å²) >= 11 is 0. The van der Waals surface area contributed by atoms with Crippen LogP contribution in [0.1, 0.15) is 31.9 Å². The van der Waals surface area contributed by atoms with Crippen LogP contribution in [0.4, 0.5) is 0 Å². The molecule has 0 amide bonds.